The molecular formula is C15H20N2O4. The van der Waals surface area contributed by atoms with Crippen molar-refractivity contribution in [1.29, 1.82) is 0 Å². The van der Waals surface area contributed by atoms with Gasteiger partial charge in [-0.15, -0.1) is 0 Å². The van der Waals surface area contributed by atoms with Gasteiger partial charge in [0.25, 0.3) is 0 Å². The van der Waals surface area contributed by atoms with Crippen molar-refractivity contribution in [2.75, 3.05) is 18.0 Å². The molecule has 3 N–H and O–H groups in total. The number of carbonyl (C=O) groups excluding carboxylic acids is 1. The van der Waals surface area contributed by atoms with E-state index in [-0.39, 0.29) is 5.75 Å². The van der Waals surface area contributed by atoms with Crippen LogP contribution in [0.2, 0.25) is 0 Å². The van der Waals surface area contributed by atoms with Gasteiger partial charge in [-0.3, -0.25) is 9.69 Å². The molecule has 0 heterocycles. The molecule has 0 aromatic heterocycles. The molecule has 0 radical (unpaired) electrons. The monoisotopic (exact) mass is 292 g/mol. The van der Waals surface area contributed by atoms with Gasteiger partial charge in [0, 0.05) is 12.2 Å². The number of anilines is 1. The number of carboxylic acid groups (broad SMARTS) is 1. The molecule has 1 fully saturated rings. The molecule has 0 unspecified atom stereocenters. The van der Waals surface area contributed by atoms with E-state index in [9.17, 15) is 14.7 Å². The van der Waals surface area contributed by atoms with Crippen LogP contribution in [-0.4, -0.2) is 35.3 Å². The summed E-state index contributed by atoms with van der Waals surface area (Å²) in [5, 5.41) is 20.9. The Morgan fingerprint density at radius 2 is 1.90 bits per heavy atom. The zero-order valence-electron chi connectivity index (χ0n) is 11.8. The third kappa shape index (κ3) is 4.98. The number of benzene rings is 1. The number of phenols is 1. The molecular weight excluding hydrogens is 272 g/mol. The third-order valence-electron chi connectivity index (χ3n) is 3.46. The fraction of sp³-hybridized carbons (Fsp3) is 0.467. The van der Waals surface area contributed by atoms with Crippen LogP contribution < -0.4 is 10.2 Å². The Balaban J connectivity index is 1.91. The number of phenolic OH excluding ortho intramolecular Hbond substituents is 1. The maximum absolute atomic E-state index is 12.1. The lowest BCUT2D eigenvalue weighted by Gasteiger charge is -2.21. The minimum atomic E-state index is -1.09. The maximum Gasteiger partial charge on any atom is 0.323 e. The van der Waals surface area contributed by atoms with Crippen molar-refractivity contribution in [3.8, 4) is 5.75 Å². The van der Waals surface area contributed by atoms with Gasteiger partial charge in [0.05, 0.1) is 0 Å². The minimum Gasteiger partial charge on any atom is -0.508 e. The van der Waals surface area contributed by atoms with Crippen molar-refractivity contribution in [3.05, 3.63) is 24.3 Å². The first-order chi connectivity index (χ1) is 10.1. The normalized spacial score (nSPS) is 13.7. The Bertz CT molecular complexity index is 497. The van der Waals surface area contributed by atoms with E-state index in [1.54, 1.807) is 0 Å². The smallest absolute Gasteiger partial charge is 0.323 e. The summed E-state index contributed by atoms with van der Waals surface area (Å²) in [6.45, 7) is 0.128. The highest BCUT2D eigenvalue weighted by Crippen LogP contribution is 2.33. The van der Waals surface area contributed by atoms with Crippen LogP contribution in [0.1, 0.15) is 25.7 Å². The first kappa shape index (κ1) is 15.2. The Kier molecular flexibility index (Phi) is 5.03. The molecule has 0 atom stereocenters. The van der Waals surface area contributed by atoms with E-state index in [0.29, 0.717) is 12.2 Å². The quantitative estimate of drug-likeness (QED) is 0.672. The summed E-state index contributed by atoms with van der Waals surface area (Å²) in [5.74, 6) is -0.204. The van der Waals surface area contributed by atoms with Gasteiger partial charge in [-0.05, 0) is 43.0 Å². The van der Waals surface area contributed by atoms with Gasteiger partial charge in [-0.1, -0.05) is 12.8 Å². The van der Waals surface area contributed by atoms with Crippen molar-refractivity contribution in [1.82, 2.24) is 5.32 Å². The first-order valence-electron chi connectivity index (χ1n) is 7.12. The third-order valence-corrected chi connectivity index (χ3v) is 3.46. The van der Waals surface area contributed by atoms with E-state index in [1.165, 1.54) is 37.1 Å². The number of nitrogens with one attached hydrogen (secondary N) is 1. The number of hydrogen-bond donors (Lipinski definition) is 3. The molecule has 1 aliphatic carbocycles. The standard InChI is InChI=1S/C15H20N2O4/c18-13-7-5-12(6-8-13)17(10-14(19)20)15(21)16-9-1-2-11-3-4-11/h5-8,11,18H,1-4,9-10H2,(H,16,21)(H,19,20). The minimum absolute atomic E-state index is 0.0684. The van der Waals surface area contributed by atoms with Gasteiger partial charge >= 0.3 is 12.0 Å². The Morgan fingerprint density at radius 1 is 1.24 bits per heavy atom. The second-order valence-corrected chi connectivity index (χ2v) is 5.31. The van der Waals surface area contributed by atoms with Crippen molar-refractivity contribution in [3.63, 3.8) is 0 Å². The fourth-order valence-corrected chi connectivity index (χ4v) is 2.14. The highest BCUT2D eigenvalue weighted by atomic mass is 16.4. The predicted octanol–water partition coefficient (Wildman–Crippen LogP) is 2.18. The van der Waals surface area contributed by atoms with Gasteiger partial charge in [0.2, 0.25) is 0 Å². The summed E-state index contributed by atoms with van der Waals surface area (Å²) in [5.41, 5.74) is 0.440. The molecule has 1 aromatic carbocycles. The van der Waals surface area contributed by atoms with Crippen molar-refractivity contribution >= 4 is 17.7 Å². The van der Waals surface area contributed by atoms with Gasteiger partial charge in [-0.2, -0.15) is 0 Å². The molecule has 6 heteroatoms. The van der Waals surface area contributed by atoms with Crippen LogP contribution in [0.4, 0.5) is 10.5 Å². The molecule has 0 spiro atoms. The Hall–Kier alpha value is -2.24. The van der Waals surface area contributed by atoms with E-state index in [4.69, 9.17) is 5.11 Å². The second-order valence-electron chi connectivity index (χ2n) is 5.31. The Morgan fingerprint density at radius 3 is 2.48 bits per heavy atom. The van der Waals surface area contributed by atoms with Gasteiger partial charge in [0.1, 0.15) is 12.3 Å². The summed E-state index contributed by atoms with van der Waals surface area (Å²) in [6.07, 6.45) is 4.59. The molecule has 1 aromatic rings. The van der Waals surface area contributed by atoms with Gasteiger partial charge in [-0.25, -0.2) is 4.79 Å². The summed E-state index contributed by atoms with van der Waals surface area (Å²) in [4.78, 5) is 24.2. The number of aromatic hydroxyl groups is 1. The second kappa shape index (κ2) is 6.97. The van der Waals surface area contributed by atoms with Crippen LogP contribution in [0.25, 0.3) is 0 Å². The molecule has 21 heavy (non-hydrogen) atoms. The van der Waals surface area contributed by atoms with E-state index < -0.39 is 18.5 Å². The average molecular weight is 292 g/mol. The van der Waals surface area contributed by atoms with Gasteiger partial charge < -0.3 is 15.5 Å². The number of nitrogens with zero attached hydrogens (tertiary/aromatic N) is 1. The number of hydrogen-bond acceptors (Lipinski definition) is 3. The summed E-state index contributed by atoms with van der Waals surface area (Å²) >= 11 is 0. The molecule has 0 aliphatic heterocycles. The zero-order valence-corrected chi connectivity index (χ0v) is 11.8. The number of urea groups is 1. The highest BCUT2D eigenvalue weighted by molar-refractivity contribution is 5.96. The van der Waals surface area contributed by atoms with Crippen LogP contribution >= 0.6 is 0 Å². The van der Waals surface area contributed by atoms with E-state index in [2.05, 4.69) is 5.32 Å². The topological polar surface area (TPSA) is 89.9 Å². The number of carboxylic acids is 1. The van der Waals surface area contributed by atoms with Crippen LogP contribution in [0.15, 0.2) is 24.3 Å². The van der Waals surface area contributed by atoms with Crippen LogP contribution in [-0.2, 0) is 4.79 Å². The molecule has 1 saturated carbocycles. The average Bonchev–Trinajstić information content (AvgIpc) is 3.26. The predicted molar refractivity (Wildman–Crippen MR) is 78.4 cm³/mol. The molecule has 2 amide bonds. The lowest BCUT2D eigenvalue weighted by molar-refractivity contribution is -0.135. The van der Waals surface area contributed by atoms with Gasteiger partial charge in [0.15, 0.2) is 0 Å². The lowest BCUT2D eigenvalue weighted by atomic mass is 10.2. The Labute approximate surface area is 123 Å². The number of rotatable bonds is 7. The lowest BCUT2D eigenvalue weighted by Crippen LogP contribution is -2.43. The van der Waals surface area contributed by atoms with Crippen molar-refractivity contribution < 1.29 is 19.8 Å². The number of amides is 2. The van der Waals surface area contributed by atoms with E-state index >= 15 is 0 Å². The van der Waals surface area contributed by atoms with E-state index in [0.717, 1.165) is 23.7 Å². The number of aliphatic carboxylic acids is 1. The van der Waals surface area contributed by atoms with E-state index in [1.807, 2.05) is 0 Å². The van der Waals surface area contributed by atoms with Crippen LogP contribution in [0, 0.1) is 5.92 Å². The zero-order chi connectivity index (χ0) is 15.2. The van der Waals surface area contributed by atoms with Crippen LogP contribution in [0.3, 0.4) is 0 Å². The molecule has 1 aliphatic rings. The fourth-order valence-electron chi connectivity index (χ4n) is 2.14. The molecule has 0 saturated heterocycles. The summed E-state index contributed by atoms with van der Waals surface area (Å²) in [6, 6.07) is 5.44. The molecule has 114 valence electrons. The molecule has 0 bridgehead atoms. The van der Waals surface area contributed by atoms with Crippen molar-refractivity contribution in [2.24, 2.45) is 5.92 Å². The maximum atomic E-state index is 12.1. The van der Waals surface area contributed by atoms with Crippen molar-refractivity contribution in [2.45, 2.75) is 25.7 Å². The van der Waals surface area contributed by atoms with Crippen LogP contribution in [0.5, 0.6) is 5.75 Å². The summed E-state index contributed by atoms with van der Waals surface area (Å²) < 4.78 is 0. The largest absolute Gasteiger partial charge is 0.508 e. The molecule has 6 nitrogen and oxygen atoms in total. The number of carbonyl (C=O) groups is 2. The molecule has 2 rings (SSSR count). The SMILES string of the molecule is O=C(O)CN(C(=O)NCCCC1CC1)c1ccc(O)cc1. The highest BCUT2D eigenvalue weighted by Gasteiger charge is 2.21. The first-order valence-corrected chi connectivity index (χ1v) is 7.12. The summed E-state index contributed by atoms with van der Waals surface area (Å²) in [7, 11) is 0.